The van der Waals surface area contributed by atoms with Crippen LogP contribution >= 0.6 is 22.9 Å². The molecule has 2 rings (SSSR count). The second kappa shape index (κ2) is 5.09. The minimum Gasteiger partial charge on any atom is -0.330 e. The molecule has 0 radical (unpaired) electrons. The fraction of sp³-hybridized carbons (Fsp3) is 0.200. The van der Waals surface area contributed by atoms with Gasteiger partial charge in [-0.2, -0.15) is 0 Å². The Morgan fingerprint density at radius 2 is 2.07 bits per heavy atom. The van der Waals surface area contributed by atoms with Gasteiger partial charge in [0, 0.05) is 11.6 Å². The van der Waals surface area contributed by atoms with Gasteiger partial charge in [-0.15, -0.1) is 21.8 Å². The zero-order valence-electron chi connectivity index (χ0n) is 7.98. The summed E-state index contributed by atoms with van der Waals surface area (Å²) in [4.78, 5) is 0. The molecule has 3 nitrogen and oxygen atoms in total. The molecule has 0 fully saturated rings. The first-order valence-corrected chi connectivity index (χ1v) is 5.98. The normalized spacial score (nSPS) is 10.2. The van der Waals surface area contributed by atoms with Crippen LogP contribution in [-0.2, 0) is 6.42 Å². The van der Waals surface area contributed by atoms with Gasteiger partial charge >= 0.3 is 0 Å². The summed E-state index contributed by atoms with van der Waals surface area (Å²) in [5.74, 6) is 0.656. The summed E-state index contributed by atoms with van der Waals surface area (Å²) in [7, 11) is 0. The van der Waals surface area contributed by atoms with Gasteiger partial charge in [0.25, 0.3) is 0 Å². The minimum atomic E-state index is 0.656. The van der Waals surface area contributed by atoms with E-state index in [4.69, 9.17) is 11.6 Å². The van der Waals surface area contributed by atoms with Gasteiger partial charge in [0.1, 0.15) is 5.51 Å². The molecule has 5 heteroatoms. The summed E-state index contributed by atoms with van der Waals surface area (Å²) in [6.07, 6.45) is 0.903. The SMILES string of the molecule is ClCCc1ccc(Nc2nncs2)cc1. The Bertz CT molecular complexity index is 399. The average Bonchev–Trinajstić information content (AvgIpc) is 2.74. The topological polar surface area (TPSA) is 37.8 Å². The molecular formula is C10H10ClN3S. The van der Waals surface area contributed by atoms with Crippen molar-refractivity contribution in [1.29, 1.82) is 0 Å². The molecule has 0 saturated carbocycles. The molecule has 15 heavy (non-hydrogen) atoms. The molecule has 78 valence electrons. The highest BCUT2D eigenvalue weighted by Crippen LogP contribution is 2.17. The third-order valence-electron chi connectivity index (χ3n) is 1.95. The highest BCUT2D eigenvalue weighted by molar-refractivity contribution is 7.13. The van der Waals surface area contributed by atoms with Crippen LogP contribution in [0.5, 0.6) is 0 Å². The van der Waals surface area contributed by atoms with E-state index in [-0.39, 0.29) is 0 Å². The van der Waals surface area contributed by atoms with E-state index in [2.05, 4.69) is 27.6 Å². The lowest BCUT2D eigenvalue weighted by Gasteiger charge is -2.03. The zero-order chi connectivity index (χ0) is 10.5. The first kappa shape index (κ1) is 10.4. The number of halogens is 1. The van der Waals surface area contributed by atoms with Crippen LogP contribution in [0.1, 0.15) is 5.56 Å². The van der Waals surface area contributed by atoms with Gasteiger partial charge in [0.2, 0.25) is 5.13 Å². The van der Waals surface area contributed by atoms with Crippen molar-refractivity contribution < 1.29 is 0 Å². The lowest BCUT2D eigenvalue weighted by atomic mass is 10.1. The van der Waals surface area contributed by atoms with E-state index < -0.39 is 0 Å². The number of aryl methyl sites for hydroxylation is 1. The predicted molar refractivity (Wildman–Crippen MR) is 64.1 cm³/mol. The van der Waals surface area contributed by atoms with Crippen molar-refractivity contribution in [3.8, 4) is 0 Å². The summed E-state index contributed by atoms with van der Waals surface area (Å²) >= 11 is 7.14. The molecule has 0 bridgehead atoms. The van der Waals surface area contributed by atoms with Crippen LogP contribution < -0.4 is 5.32 Å². The lowest BCUT2D eigenvalue weighted by molar-refractivity contribution is 1.09. The van der Waals surface area contributed by atoms with Crippen molar-refractivity contribution in [1.82, 2.24) is 10.2 Å². The quantitative estimate of drug-likeness (QED) is 0.834. The van der Waals surface area contributed by atoms with Gasteiger partial charge in [-0.05, 0) is 24.1 Å². The van der Waals surface area contributed by atoms with Crippen molar-refractivity contribution in [3.63, 3.8) is 0 Å². The largest absolute Gasteiger partial charge is 0.330 e. The average molecular weight is 240 g/mol. The third kappa shape index (κ3) is 2.91. The Labute approximate surface area is 97.1 Å². The van der Waals surface area contributed by atoms with Crippen molar-refractivity contribution in [2.24, 2.45) is 0 Å². The molecule has 1 N–H and O–H groups in total. The number of anilines is 2. The van der Waals surface area contributed by atoms with Crippen molar-refractivity contribution in [2.45, 2.75) is 6.42 Å². The molecule has 2 aromatic rings. The van der Waals surface area contributed by atoms with E-state index in [1.165, 1.54) is 16.9 Å². The van der Waals surface area contributed by atoms with Gasteiger partial charge in [-0.25, -0.2) is 0 Å². The van der Waals surface area contributed by atoms with E-state index in [9.17, 15) is 0 Å². The van der Waals surface area contributed by atoms with Crippen LogP contribution in [0.25, 0.3) is 0 Å². The standard InChI is InChI=1S/C10H10ClN3S/c11-6-5-8-1-3-9(4-2-8)13-10-14-12-7-15-10/h1-4,7H,5-6H2,(H,13,14). The fourth-order valence-corrected chi connectivity index (χ4v) is 1.90. The Kier molecular flexibility index (Phi) is 3.53. The second-order valence-electron chi connectivity index (χ2n) is 3.00. The molecule has 1 aromatic carbocycles. The third-order valence-corrected chi connectivity index (χ3v) is 2.74. The molecule has 0 amide bonds. The van der Waals surface area contributed by atoms with Gasteiger partial charge in [0.15, 0.2) is 0 Å². The van der Waals surface area contributed by atoms with Crippen LogP contribution in [0.4, 0.5) is 10.8 Å². The molecule has 0 aliphatic carbocycles. The predicted octanol–water partition coefficient (Wildman–Crippen LogP) is 3.06. The number of aromatic nitrogens is 2. The fourth-order valence-electron chi connectivity index (χ4n) is 1.21. The van der Waals surface area contributed by atoms with E-state index in [1.807, 2.05) is 12.1 Å². The number of nitrogens with zero attached hydrogens (tertiary/aromatic N) is 2. The lowest BCUT2D eigenvalue weighted by Crippen LogP contribution is -1.91. The van der Waals surface area contributed by atoms with Crippen molar-refractivity contribution in [2.75, 3.05) is 11.2 Å². The van der Waals surface area contributed by atoms with Crippen LogP contribution in [0, 0.1) is 0 Å². The maximum absolute atomic E-state index is 5.66. The molecule has 1 heterocycles. The molecule has 1 aromatic heterocycles. The number of hydrogen-bond donors (Lipinski definition) is 1. The van der Waals surface area contributed by atoms with Crippen LogP contribution in [0.15, 0.2) is 29.8 Å². The Morgan fingerprint density at radius 3 is 2.67 bits per heavy atom. The van der Waals surface area contributed by atoms with E-state index in [0.717, 1.165) is 17.2 Å². The van der Waals surface area contributed by atoms with Crippen molar-refractivity contribution >= 4 is 33.8 Å². The summed E-state index contributed by atoms with van der Waals surface area (Å²) in [6.45, 7) is 0. The van der Waals surface area contributed by atoms with E-state index in [0.29, 0.717) is 5.88 Å². The van der Waals surface area contributed by atoms with Crippen LogP contribution in [0.3, 0.4) is 0 Å². The maximum Gasteiger partial charge on any atom is 0.209 e. The van der Waals surface area contributed by atoms with Crippen molar-refractivity contribution in [3.05, 3.63) is 35.3 Å². The maximum atomic E-state index is 5.66. The van der Waals surface area contributed by atoms with E-state index in [1.54, 1.807) is 5.51 Å². The van der Waals surface area contributed by atoms with Gasteiger partial charge in [0.05, 0.1) is 0 Å². The summed E-state index contributed by atoms with van der Waals surface area (Å²) in [5, 5.41) is 11.6. The first-order chi connectivity index (χ1) is 7.38. The Balaban J connectivity index is 2.04. The summed E-state index contributed by atoms with van der Waals surface area (Å²) in [5.41, 5.74) is 3.96. The van der Waals surface area contributed by atoms with Gasteiger partial charge < -0.3 is 5.32 Å². The van der Waals surface area contributed by atoms with Gasteiger partial charge in [-0.3, -0.25) is 0 Å². The number of benzene rings is 1. The smallest absolute Gasteiger partial charge is 0.209 e. The van der Waals surface area contributed by atoms with Gasteiger partial charge in [-0.1, -0.05) is 23.5 Å². The monoisotopic (exact) mass is 239 g/mol. The summed E-state index contributed by atoms with van der Waals surface area (Å²) < 4.78 is 0. The zero-order valence-corrected chi connectivity index (χ0v) is 9.55. The Hall–Kier alpha value is -1.13. The molecular weight excluding hydrogens is 230 g/mol. The number of hydrogen-bond acceptors (Lipinski definition) is 4. The number of alkyl halides is 1. The highest BCUT2D eigenvalue weighted by atomic mass is 35.5. The molecule has 0 saturated heterocycles. The minimum absolute atomic E-state index is 0.656. The molecule has 0 spiro atoms. The molecule has 0 aliphatic heterocycles. The second-order valence-corrected chi connectivity index (χ2v) is 4.22. The first-order valence-electron chi connectivity index (χ1n) is 4.56. The number of rotatable bonds is 4. The van der Waals surface area contributed by atoms with Crippen LogP contribution in [-0.4, -0.2) is 16.1 Å². The van der Waals surface area contributed by atoms with E-state index >= 15 is 0 Å². The van der Waals surface area contributed by atoms with Crippen LogP contribution in [0.2, 0.25) is 0 Å². The molecule has 0 atom stereocenters. The summed E-state index contributed by atoms with van der Waals surface area (Å²) in [6, 6.07) is 8.16. The highest BCUT2D eigenvalue weighted by Gasteiger charge is 1.97. The Morgan fingerprint density at radius 1 is 1.27 bits per heavy atom. The number of nitrogens with one attached hydrogen (secondary N) is 1. The molecule has 0 aliphatic rings. The molecule has 0 unspecified atom stereocenters.